The molecule has 0 spiro atoms. The van der Waals surface area contributed by atoms with Crippen LogP contribution in [0.1, 0.15) is 29.3 Å². The lowest BCUT2D eigenvalue weighted by Crippen LogP contribution is -2.24. The first-order chi connectivity index (χ1) is 13.7. The Morgan fingerprint density at radius 1 is 1.36 bits per heavy atom. The number of hydrogen-bond acceptors (Lipinski definition) is 6. The summed E-state index contributed by atoms with van der Waals surface area (Å²) < 4.78 is 5.33. The average molecular weight is 414 g/mol. The Labute approximate surface area is 172 Å². The van der Waals surface area contributed by atoms with Crippen LogP contribution in [0.2, 0.25) is 0 Å². The largest absolute Gasteiger partial charge is 0.496 e. The van der Waals surface area contributed by atoms with Gasteiger partial charge in [0.2, 0.25) is 5.91 Å². The molecule has 0 saturated heterocycles. The lowest BCUT2D eigenvalue weighted by atomic mass is 9.89. The molecule has 1 N–H and O–H groups in total. The summed E-state index contributed by atoms with van der Waals surface area (Å²) in [4.78, 5) is 23.8. The van der Waals surface area contributed by atoms with Gasteiger partial charge in [-0.2, -0.15) is 0 Å². The van der Waals surface area contributed by atoms with E-state index in [0.717, 1.165) is 45.3 Å². The van der Waals surface area contributed by atoms with E-state index >= 15 is 0 Å². The monoisotopic (exact) mass is 413 g/mol. The molecular weight excluding hydrogens is 390 g/mol. The Hall–Kier alpha value is -2.12. The zero-order chi connectivity index (χ0) is 19.5. The third kappa shape index (κ3) is 4.00. The molecule has 3 aromatic rings. The molecule has 2 heterocycles. The van der Waals surface area contributed by atoms with Gasteiger partial charge in [-0.25, -0.2) is 9.97 Å². The van der Waals surface area contributed by atoms with Gasteiger partial charge in [-0.1, -0.05) is 36.9 Å². The van der Waals surface area contributed by atoms with Crippen LogP contribution in [0.5, 0.6) is 5.75 Å². The standard InChI is InChI=1S/C21H23N3O2S2/c1-13-7-8-15-17(9-13)28-21-19(15)20(23-12-24-21)27-11-18(25)22-10-14-5-3-4-6-16(14)26-2/h3-6,12-13H,7-11H2,1-2H3,(H,22,25)/t13-/m0/s1. The highest BCUT2D eigenvalue weighted by Crippen LogP contribution is 2.40. The first-order valence-corrected chi connectivity index (χ1v) is 11.2. The van der Waals surface area contributed by atoms with E-state index in [4.69, 9.17) is 4.74 Å². The summed E-state index contributed by atoms with van der Waals surface area (Å²) >= 11 is 3.28. The number of methoxy groups -OCH3 is 1. The Bertz CT molecular complexity index is 1000. The number of carbonyl (C=O) groups excluding carboxylic acids is 1. The van der Waals surface area contributed by atoms with Crippen molar-refractivity contribution in [3.8, 4) is 5.75 Å². The molecule has 0 fully saturated rings. The van der Waals surface area contributed by atoms with Crippen molar-refractivity contribution in [1.82, 2.24) is 15.3 Å². The van der Waals surface area contributed by atoms with Crippen molar-refractivity contribution >= 4 is 39.2 Å². The van der Waals surface area contributed by atoms with E-state index in [0.29, 0.717) is 12.3 Å². The highest BCUT2D eigenvalue weighted by atomic mass is 32.2. The van der Waals surface area contributed by atoms with Gasteiger partial charge in [0.15, 0.2) is 0 Å². The van der Waals surface area contributed by atoms with E-state index in [9.17, 15) is 4.79 Å². The normalized spacial score (nSPS) is 16.0. The lowest BCUT2D eigenvalue weighted by molar-refractivity contribution is -0.118. The fourth-order valence-electron chi connectivity index (χ4n) is 3.58. The topological polar surface area (TPSA) is 64.1 Å². The maximum Gasteiger partial charge on any atom is 0.230 e. The van der Waals surface area contributed by atoms with Gasteiger partial charge < -0.3 is 10.1 Å². The highest BCUT2D eigenvalue weighted by Gasteiger charge is 2.23. The summed E-state index contributed by atoms with van der Waals surface area (Å²) in [6, 6.07) is 7.72. The maximum atomic E-state index is 12.4. The molecule has 4 rings (SSSR count). The van der Waals surface area contributed by atoms with Gasteiger partial charge in [-0.3, -0.25) is 4.79 Å². The fourth-order valence-corrected chi connectivity index (χ4v) is 5.85. The molecule has 1 atom stereocenters. The van der Waals surface area contributed by atoms with E-state index in [2.05, 4.69) is 22.2 Å². The van der Waals surface area contributed by atoms with Gasteiger partial charge in [0.25, 0.3) is 0 Å². The second kappa shape index (κ2) is 8.49. The van der Waals surface area contributed by atoms with Crippen LogP contribution in [0.15, 0.2) is 35.6 Å². The smallest absolute Gasteiger partial charge is 0.230 e. The minimum atomic E-state index is -0.0135. The van der Waals surface area contributed by atoms with Crippen LogP contribution in [0.4, 0.5) is 0 Å². The summed E-state index contributed by atoms with van der Waals surface area (Å²) in [7, 11) is 1.64. The molecule has 28 heavy (non-hydrogen) atoms. The highest BCUT2D eigenvalue weighted by molar-refractivity contribution is 8.00. The third-order valence-electron chi connectivity index (χ3n) is 5.07. The number of thioether (sulfide) groups is 1. The second-order valence-corrected chi connectivity index (χ2v) is 9.14. The quantitative estimate of drug-likeness (QED) is 0.484. The van der Waals surface area contributed by atoms with Crippen LogP contribution >= 0.6 is 23.1 Å². The van der Waals surface area contributed by atoms with Crippen LogP contribution in [0.3, 0.4) is 0 Å². The van der Waals surface area contributed by atoms with E-state index < -0.39 is 0 Å². The van der Waals surface area contributed by atoms with Crippen LogP contribution in [-0.4, -0.2) is 28.7 Å². The van der Waals surface area contributed by atoms with Gasteiger partial charge in [-0.05, 0) is 36.8 Å². The number of hydrogen-bond donors (Lipinski definition) is 1. The van der Waals surface area contributed by atoms with Crippen molar-refractivity contribution in [2.45, 2.75) is 37.8 Å². The number of carbonyl (C=O) groups is 1. The van der Waals surface area contributed by atoms with Gasteiger partial charge in [0.1, 0.15) is 21.9 Å². The number of fused-ring (bicyclic) bond motifs is 3. The average Bonchev–Trinajstić information content (AvgIpc) is 3.08. The van der Waals surface area contributed by atoms with E-state index in [1.807, 2.05) is 24.3 Å². The summed E-state index contributed by atoms with van der Waals surface area (Å²) in [5, 5.41) is 5.06. The Morgan fingerprint density at radius 2 is 2.21 bits per heavy atom. The minimum Gasteiger partial charge on any atom is -0.496 e. The zero-order valence-electron chi connectivity index (χ0n) is 16.0. The molecular formula is C21H23N3O2S2. The Balaban J connectivity index is 1.43. The molecule has 1 aliphatic rings. The molecule has 1 aliphatic carbocycles. The van der Waals surface area contributed by atoms with Crippen LogP contribution < -0.4 is 10.1 Å². The molecule has 2 aromatic heterocycles. The lowest BCUT2D eigenvalue weighted by Gasteiger charge is -2.18. The number of nitrogens with one attached hydrogen (secondary N) is 1. The molecule has 5 nitrogen and oxygen atoms in total. The van der Waals surface area contributed by atoms with Gasteiger partial charge >= 0.3 is 0 Å². The molecule has 0 bridgehead atoms. The molecule has 0 unspecified atom stereocenters. The number of ether oxygens (including phenoxy) is 1. The Kier molecular flexibility index (Phi) is 5.82. The summed E-state index contributed by atoms with van der Waals surface area (Å²) in [5.74, 6) is 1.83. The van der Waals surface area contributed by atoms with Crippen LogP contribution in [-0.2, 0) is 24.2 Å². The molecule has 0 radical (unpaired) electrons. The van der Waals surface area contributed by atoms with Crippen molar-refractivity contribution in [2.75, 3.05) is 12.9 Å². The van der Waals surface area contributed by atoms with Crippen molar-refractivity contribution < 1.29 is 9.53 Å². The number of aromatic nitrogens is 2. The van der Waals surface area contributed by atoms with Crippen molar-refractivity contribution in [3.63, 3.8) is 0 Å². The number of rotatable bonds is 6. The van der Waals surface area contributed by atoms with Gasteiger partial charge in [0.05, 0.1) is 12.9 Å². The SMILES string of the molecule is COc1ccccc1CNC(=O)CSc1ncnc2sc3c(c12)CC[C@H](C)C3. The predicted molar refractivity (Wildman–Crippen MR) is 114 cm³/mol. The maximum absolute atomic E-state index is 12.4. The number of thiophene rings is 1. The molecule has 7 heteroatoms. The number of para-hydroxylation sites is 1. The fraction of sp³-hybridized carbons (Fsp3) is 0.381. The van der Waals surface area contributed by atoms with Crippen LogP contribution in [0, 0.1) is 5.92 Å². The molecule has 1 amide bonds. The predicted octanol–water partition coefficient (Wildman–Crippen LogP) is 4.23. The number of amides is 1. The van der Waals surface area contributed by atoms with Crippen LogP contribution in [0.25, 0.3) is 10.2 Å². The van der Waals surface area contributed by atoms with Crippen molar-refractivity contribution in [1.29, 1.82) is 0 Å². The molecule has 0 saturated carbocycles. The first kappa shape index (κ1) is 19.2. The molecule has 0 aliphatic heterocycles. The van der Waals surface area contributed by atoms with E-state index in [1.165, 1.54) is 28.6 Å². The molecule has 1 aromatic carbocycles. The number of nitrogens with zero attached hydrogens (tertiary/aromatic N) is 2. The second-order valence-electron chi connectivity index (χ2n) is 7.09. The summed E-state index contributed by atoms with van der Waals surface area (Å²) in [6.07, 6.45) is 5.03. The third-order valence-corrected chi connectivity index (χ3v) is 7.22. The molecule has 146 valence electrons. The van der Waals surface area contributed by atoms with E-state index in [1.54, 1.807) is 24.8 Å². The van der Waals surface area contributed by atoms with E-state index in [-0.39, 0.29) is 5.91 Å². The van der Waals surface area contributed by atoms with Gasteiger partial charge in [-0.15, -0.1) is 11.3 Å². The number of benzene rings is 1. The summed E-state index contributed by atoms with van der Waals surface area (Å²) in [6.45, 7) is 2.76. The first-order valence-electron chi connectivity index (χ1n) is 9.42. The van der Waals surface area contributed by atoms with Crippen molar-refractivity contribution in [3.05, 3.63) is 46.6 Å². The summed E-state index contributed by atoms with van der Waals surface area (Å²) in [5.41, 5.74) is 2.37. The Morgan fingerprint density at radius 3 is 3.07 bits per heavy atom. The van der Waals surface area contributed by atoms with Gasteiger partial charge in [0, 0.05) is 22.4 Å². The minimum absolute atomic E-state index is 0.0135. The van der Waals surface area contributed by atoms with Crippen molar-refractivity contribution in [2.24, 2.45) is 5.92 Å². The zero-order valence-corrected chi connectivity index (χ0v) is 17.7. The number of aryl methyl sites for hydroxylation is 1.